The Morgan fingerprint density at radius 2 is 1.97 bits per heavy atom. The first-order valence-corrected chi connectivity index (χ1v) is 12.2. The Morgan fingerprint density at radius 3 is 2.59 bits per heavy atom. The van der Waals surface area contributed by atoms with Gasteiger partial charge in [0.2, 0.25) is 6.36 Å². The summed E-state index contributed by atoms with van der Waals surface area (Å²) in [5, 5.41) is 2.82. The lowest BCUT2D eigenvalue weighted by Crippen LogP contribution is -2.63. The normalized spacial score (nSPS) is 17.7. The largest absolute Gasteiger partial charge is 0.461 e. The van der Waals surface area contributed by atoms with E-state index in [-0.39, 0.29) is 23.5 Å². The van der Waals surface area contributed by atoms with Crippen molar-refractivity contribution in [2.45, 2.75) is 45.6 Å². The number of alkyl halides is 1. The average Bonchev–Trinajstić information content (AvgIpc) is 3.05. The number of fused-ring (bicyclic) bond motifs is 1. The third-order valence-corrected chi connectivity index (χ3v) is 7.58. The summed E-state index contributed by atoms with van der Waals surface area (Å²) < 4.78 is 43.6. The summed E-state index contributed by atoms with van der Waals surface area (Å²) in [4.78, 5) is 17.4. The highest BCUT2D eigenvalue weighted by Crippen LogP contribution is 2.34. The minimum atomic E-state index is -3.08. The van der Waals surface area contributed by atoms with E-state index in [1.165, 1.54) is 13.1 Å². The number of carbonyl (C=O) groups excluding carboxylic acids is 1. The van der Waals surface area contributed by atoms with Crippen LogP contribution >= 0.6 is 0 Å². The summed E-state index contributed by atoms with van der Waals surface area (Å²) in [6, 6.07) is 9.01. The van der Waals surface area contributed by atoms with Crippen molar-refractivity contribution >= 4 is 26.8 Å². The van der Waals surface area contributed by atoms with Gasteiger partial charge in [-0.05, 0) is 44.5 Å². The lowest BCUT2D eigenvalue weighted by atomic mass is 10.1. The van der Waals surface area contributed by atoms with Gasteiger partial charge in [-0.1, -0.05) is 12.1 Å². The van der Waals surface area contributed by atoms with E-state index in [0.717, 1.165) is 16.6 Å². The van der Waals surface area contributed by atoms with Gasteiger partial charge in [-0.25, -0.2) is 12.8 Å². The Hall–Kier alpha value is -2.94. The van der Waals surface area contributed by atoms with Crippen molar-refractivity contribution in [2.24, 2.45) is 0 Å². The van der Waals surface area contributed by atoms with Crippen LogP contribution < -0.4 is 10.1 Å². The van der Waals surface area contributed by atoms with Crippen LogP contribution in [-0.2, 0) is 9.84 Å². The van der Waals surface area contributed by atoms with Gasteiger partial charge in [0.25, 0.3) is 5.91 Å². The van der Waals surface area contributed by atoms with Gasteiger partial charge in [0.05, 0.1) is 33.6 Å². The van der Waals surface area contributed by atoms with Crippen molar-refractivity contribution < 1.29 is 22.3 Å². The predicted octanol–water partition coefficient (Wildman–Crippen LogP) is 3.90. The van der Waals surface area contributed by atoms with Gasteiger partial charge < -0.3 is 14.6 Å². The monoisotopic (exact) mass is 459 g/mol. The van der Waals surface area contributed by atoms with Crippen molar-refractivity contribution in [3.8, 4) is 16.9 Å². The molecular weight excluding hydrogens is 433 g/mol. The highest BCUT2D eigenvalue weighted by molar-refractivity contribution is 7.93. The Morgan fingerprint density at radius 1 is 1.25 bits per heavy atom. The van der Waals surface area contributed by atoms with Gasteiger partial charge in [0, 0.05) is 30.9 Å². The molecule has 0 spiro atoms. The first kappa shape index (κ1) is 22.3. The minimum Gasteiger partial charge on any atom is -0.461 e. The second-order valence-corrected chi connectivity index (χ2v) is 10.9. The number of nitrogens with zero attached hydrogens (tertiary/aromatic N) is 2. The van der Waals surface area contributed by atoms with Gasteiger partial charge >= 0.3 is 0 Å². The SMILES string of the molecule is CC(F)Oc1cccc(-c2cn(C(C)C)c3cc(C(=O)NC4(C)CS(=O)(=O)C4)cnc23)c1. The molecule has 0 saturated carbocycles. The molecule has 1 saturated heterocycles. The number of sulfone groups is 1. The second-order valence-electron chi connectivity index (χ2n) is 8.87. The van der Waals surface area contributed by atoms with Gasteiger partial charge in [-0.3, -0.25) is 9.78 Å². The summed E-state index contributed by atoms with van der Waals surface area (Å²) in [5.41, 5.74) is 2.75. The molecule has 2 aromatic heterocycles. The average molecular weight is 460 g/mol. The third kappa shape index (κ3) is 4.34. The zero-order valence-corrected chi connectivity index (χ0v) is 19.2. The van der Waals surface area contributed by atoms with E-state index < -0.39 is 21.7 Å². The number of hydrogen-bond acceptors (Lipinski definition) is 5. The summed E-state index contributed by atoms with van der Waals surface area (Å²) in [7, 11) is -3.08. The molecule has 0 radical (unpaired) electrons. The lowest BCUT2D eigenvalue weighted by Gasteiger charge is -2.38. The molecule has 1 aliphatic rings. The number of halogens is 1. The lowest BCUT2D eigenvalue weighted by molar-refractivity contribution is 0.0860. The van der Waals surface area contributed by atoms with E-state index >= 15 is 0 Å². The van der Waals surface area contributed by atoms with Gasteiger partial charge in [0.1, 0.15) is 5.75 Å². The molecule has 1 unspecified atom stereocenters. The number of nitrogens with one attached hydrogen (secondary N) is 1. The van der Waals surface area contributed by atoms with Crippen molar-refractivity contribution in [3.05, 3.63) is 48.3 Å². The fourth-order valence-corrected chi connectivity index (χ4v) is 6.16. The first-order valence-electron chi connectivity index (χ1n) is 10.4. The molecule has 1 N–H and O–H groups in total. The summed E-state index contributed by atoms with van der Waals surface area (Å²) in [6.07, 6.45) is 2.03. The van der Waals surface area contributed by atoms with Crippen molar-refractivity contribution in [1.82, 2.24) is 14.9 Å². The number of benzene rings is 1. The smallest absolute Gasteiger partial charge is 0.253 e. The van der Waals surface area contributed by atoms with E-state index in [4.69, 9.17) is 4.74 Å². The zero-order valence-electron chi connectivity index (χ0n) is 18.4. The standard InChI is InChI=1S/C23H26FN3O4S/c1-14(2)27-11-19(16-6-5-7-18(8-16)31-15(3)24)21-20(27)9-17(10-25-21)22(28)26-23(4)12-32(29,30)13-23/h5-11,14-15H,12-13H2,1-4H3,(H,26,28). The third-order valence-electron chi connectivity index (χ3n) is 5.42. The fraction of sp³-hybridized carbons (Fsp3) is 0.391. The molecule has 1 aliphatic heterocycles. The minimum absolute atomic E-state index is 0.0656. The Kier molecular flexibility index (Phi) is 5.48. The predicted molar refractivity (Wildman–Crippen MR) is 121 cm³/mol. The summed E-state index contributed by atoms with van der Waals surface area (Å²) in [5.74, 6) is -0.0712. The van der Waals surface area contributed by atoms with Crippen molar-refractivity contribution in [3.63, 3.8) is 0 Å². The van der Waals surface area contributed by atoms with E-state index in [0.29, 0.717) is 16.8 Å². The second kappa shape index (κ2) is 7.88. The molecule has 4 rings (SSSR count). The molecular formula is C23H26FN3O4S. The van der Waals surface area contributed by atoms with Crippen molar-refractivity contribution in [1.29, 1.82) is 0 Å². The quantitative estimate of drug-likeness (QED) is 0.604. The summed E-state index contributed by atoms with van der Waals surface area (Å²) in [6.45, 7) is 7.10. The van der Waals surface area contributed by atoms with Crippen LogP contribution in [0.15, 0.2) is 42.7 Å². The Labute approximate surface area is 186 Å². The molecule has 0 aliphatic carbocycles. The maximum atomic E-state index is 13.3. The van der Waals surface area contributed by atoms with Crippen LogP contribution in [0, 0.1) is 0 Å². The van der Waals surface area contributed by atoms with Crippen LogP contribution in [0.25, 0.3) is 22.2 Å². The van der Waals surface area contributed by atoms with Crippen LogP contribution in [0.3, 0.4) is 0 Å². The zero-order chi connectivity index (χ0) is 23.3. The number of pyridine rings is 1. The highest BCUT2D eigenvalue weighted by atomic mass is 32.2. The molecule has 1 amide bonds. The Balaban J connectivity index is 1.71. The molecule has 32 heavy (non-hydrogen) atoms. The molecule has 1 atom stereocenters. The van der Waals surface area contributed by atoms with E-state index in [2.05, 4.69) is 10.3 Å². The molecule has 1 aromatic carbocycles. The molecule has 1 fully saturated rings. The highest BCUT2D eigenvalue weighted by Gasteiger charge is 2.45. The number of aromatic nitrogens is 2. The maximum Gasteiger partial charge on any atom is 0.253 e. The molecule has 0 bridgehead atoms. The number of amides is 1. The van der Waals surface area contributed by atoms with Gasteiger partial charge in [-0.2, -0.15) is 0 Å². The number of carbonyl (C=O) groups is 1. The topological polar surface area (TPSA) is 90.3 Å². The molecule has 3 heterocycles. The maximum absolute atomic E-state index is 13.3. The van der Waals surface area contributed by atoms with E-state index in [1.807, 2.05) is 30.7 Å². The Bertz CT molecular complexity index is 1290. The number of rotatable bonds is 6. The van der Waals surface area contributed by atoms with Gasteiger partial charge in [0.15, 0.2) is 9.84 Å². The van der Waals surface area contributed by atoms with Crippen LogP contribution in [0.5, 0.6) is 5.75 Å². The van der Waals surface area contributed by atoms with E-state index in [1.54, 1.807) is 31.2 Å². The first-order chi connectivity index (χ1) is 15.0. The molecule has 7 nitrogen and oxygen atoms in total. The molecule has 170 valence electrons. The number of hydrogen-bond donors (Lipinski definition) is 1. The number of ether oxygens (including phenoxy) is 1. The van der Waals surface area contributed by atoms with Crippen molar-refractivity contribution in [2.75, 3.05) is 11.5 Å². The van der Waals surface area contributed by atoms with Crippen LogP contribution in [-0.4, -0.2) is 47.3 Å². The molecule has 9 heteroatoms. The van der Waals surface area contributed by atoms with Crippen LogP contribution in [0.2, 0.25) is 0 Å². The van der Waals surface area contributed by atoms with Gasteiger partial charge in [-0.15, -0.1) is 0 Å². The van der Waals surface area contributed by atoms with Crippen LogP contribution in [0.1, 0.15) is 44.1 Å². The summed E-state index contributed by atoms with van der Waals surface area (Å²) >= 11 is 0. The molecule has 3 aromatic rings. The fourth-order valence-electron chi connectivity index (χ4n) is 4.16. The van der Waals surface area contributed by atoms with E-state index in [9.17, 15) is 17.6 Å². The van der Waals surface area contributed by atoms with Crippen LogP contribution in [0.4, 0.5) is 4.39 Å².